The van der Waals surface area contributed by atoms with Crippen LogP contribution >= 0.6 is 0 Å². The summed E-state index contributed by atoms with van der Waals surface area (Å²) in [6.45, 7) is 2.44. The van der Waals surface area contributed by atoms with Crippen LogP contribution in [0.4, 0.5) is 0 Å². The number of nitrogens with zero attached hydrogens (tertiary/aromatic N) is 1. The second kappa shape index (κ2) is 6.41. The lowest BCUT2D eigenvalue weighted by molar-refractivity contribution is -0.143. The molecule has 0 aromatic carbocycles. The Bertz CT molecular complexity index is 451. The SMILES string of the molecule is CC1CCCCN1S(=O)(=O)NC1CCCCC1C(=O)O. The van der Waals surface area contributed by atoms with E-state index < -0.39 is 28.1 Å². The van der Waals surface area contributed by atoms with Crippen molar-refractivity contribution in [3.8, 4) is 0 Å². The van der Waals surface area contributed by atoms with Crippen LogP contribution in [-0.2, 0) is 15.0 Å². The summed E-state index contributed by atoms with van der Waals surface area (Å²) >= 11 is 0. The molecule has 0 aromatic rings. The van der Waals surface area contributed by atoms with Crippen molar-refractivity contribution < 1.29 is 18.3 Å². The Balaban J connectivity index is 2.08. The summed E-state index contributed by atoms with van der Waals surface area (Å²) in [6.07, 6.45) is 5.69. The summed E-state index contributed by atoms with van der Waals surface area (Å²) in [4.78, 5) is 11.2. The fourth-order valence-corrected chi connectivity index (χ4v) is 5.00. The lowest BCUT2D eigenvalue weighted by atomic mass is 9.85. The number of carboxylic acid groups (broad SMARTS) is 1. The average molecular weight is 304 g/mol. The molecular weight excluding hydrogens is 280 g/mol. The molecule has 3 unspecified atom stereocenters. The average Bonchev–Trinajstić information content (AvgIpc) is 2.39. The molecule has 1 saturated heterocycles. The number of carbonyl (C=O) groups is 1. The van der Waals surface area contributed by atoms with Gasteiger partial charge in [0.1, 0.15) is 0 Å². The van der Waals surface area contributed by atoms with Gasteiger partial charge in [-0.1, -0.05) is 19.3 Å². The molecule has 20 heavy (non-hydrogen) atoms. The van der Waals surface area contributed by atoms with E-state index in [0.29, 0.717) is 19.4 Å². The number of rotatable bonds is 4. The van der Waals surface area contributed by atoms with Gasteiger partial charge in [0.05, 0.1) is 5.92 Å². The number of nitrogens with one attached hydrogen (secondary N) is 1. The first-order chi connectivity index (χ1) is 9.42. The Morgan fingerprint density at radius 3 is 2.45 bits per heavy atom. The topological polar surface area (TPSA) is 86.7 Å². The largest absolute Gasteiger partial charge is 0.481 e. The van der Waals surface area contributed by atoms with E-state index in [-0.39, 0.29) is 6.04 Å². The van der Waals surface area contributed by atoms with Gasteiger partial charge in [-0.05, 0) is 32.6 Å². The van der Waals surface area contributed by atoms with Crippen LogP contribution in [0.5, 0.6) is 0 Å². The third-order valence-corrected chi connectivity index (χ3v) is 6.19. The Hall–Kier alpha value is -0.660. The summed E-state index contributed by atoms with van der Waals surface area (Å²) in [6, 6.07) is -0.478. The number of piperidine rings is 1. The molecule has 1 heterocycles. The van der Waals surface area contributed by atoms with E-state index in [4.69, 9.17) is 0 Å². The van der Waals surface area contributed by atoms with E-state index >= 15 is 0 Å². The number of hydrogen-bond acceptors (Lipinski definition) is 3. The summed E-state index contributed by atoms with van der Waals surface area (Å²) < 4.78 is 29.0. The molecule has 2 rings (SSSR count). The maximum absolute atomic E-state index is 12.5. The first-order valence-electron chi connectivity index (χ1n) is 7.43. The molecule has 2 aliphatic rings. The molecule has 2 fully saturated rings. The minimum Gasteiger partial charge on any atom is -0.481 e. The molecule has 3 atom stereocenters. The van der Waals surface area contributed by atoms with E-state index in [9.17, 15) is 18.3 Å². The van der Waals surface area contributed by atoms with Crippen LogP contribution in [0.2, 0.25) is 0 Å². The second-order valence-corrected chi connectivity index (χ2v) is 7.57. The highest BCUT2D eigenvalue weighted by atomic mass is 32.2. The summed E-state index contributed by atoms with van der Waals surface area (Å²) in [5.41, 5.74) is 0. The predicted molar refractivity (Wildman–Crippen MR) is 75.5 cm³/mol. The standard InChI is InChI=1S/C13H24N2O4S/c1-10-6-4-5-9-15(10)20(18,19)14-12-8-3-2-7-11(12)13(16)17/h10-12,14H,2-9H2,1H3,(H,16,17). The fourth-order valence-electron chi connectivity index (χ4n) is 3.26. The van der Waals surface area contributed by atoms with E-state index in [2.05, 4.69) is 4.72 Å². The molecule has 1 aliphatic carbocycles. The maximum atomic E-state index is 12.5. The number of carboxylic acids is 1. The molecule has 0 bridgehead atoms. The minimum absolute atomic E-state index is 0.00637. The Labute approximate surface area is 120 Å². The van der Waals surface area contributed by atoms with E-state index in [1.807, 2.05) is 6.92 Å². The molecule has 2 N–H and O–H groups in total. The van der Waals surface area contributed by atoms with Gasteiger partial charge >= 0.3 is 5.97 Å². The van der Waals surface area contributed by atoms with Crippen LogP contribution in [0.3, 0.4) is 0 Å². The van der Waals surface area contributed by atoms with Crippen LogP contribution in [0.25, 0.3) is 0 Å². The quantitative estimate of drug-likeness (QED) is 0.820. The lowest BCUT2D eigenvalue weighted by Gasteiger charge is -2.35. The monoisotopic (exact) mass is 304 g/mol. The second-order valence-electron chi connectivity index (χ2n) is 5.91. The highest BCUT2D eigenvalue weighted by molar-refractivity contribution is 7.87. The van der Waals surface area contributed by atoms with E-state index in [1.165, 1.54) is 4.31 Å². The Morgan fingerprint density at radius 1 is 1.15 bits per heavy atom. The van der Waals surface area contributed by atoms with E-state index in [1.54, 1.807) is 0 Å². The van der Waals surface area contributed by atoms with Crippen molar-refractivity contribution in [1.29, 1.82) is 0 Å². The molecule has 0 spiro atoms. The highest BCUT2D eigenvalue weighted by Crippen LogP contribution is 2.27. The first-order valence-corrected chi connectivity index (χ1v) is 8.88. The van der Waals surface area contributed by atoms with Gasteiger partial charge in [0.15, 0.2) is 0 Å². The van der Waals surface area contributed by atoms with Gasteiger partial charge < -0.3 is 5.11 Å². The van der Waals surface area contributed by atoms with Crippen molar-refractivity contribution in [1.82, 2.24) is 9.03 Å². The Kier molecular flexibility index (Phi) is 5.04. The normalized spacial score (nSPS) is 33.0. The van der Waals surface area contributed by atoms with Crippen molar-refractivity contribution in [2.24, 2.45) is 5.92 Å². The molecule has 0 aromatic heterocycles. The van der Waals surface area contributed by atoms with Crippen LogP contribution in [0.1, 0.15) is 51.9 Å². The first kappa shape index (κ1) is 15.7. The van der Waals surface area contributed by atoms with Crippen molar-refractivity contribution in [2.45, 2.75) is 64.0 Å². The zero-order valence-corrected chi connectivity index (χ0v) is 12.7. The maximum Gasteiger partial charge on any atom is 0.308 e. The molecular formula is C13H24N2O4S. The summed E-state index contributed by atoms with van der Waals surface area (Å²) in [5.74, 6) is -1.50. The number of hydrogen-bond donors (Lipinski definition) is 2. The smallest absolute Gasteiger partial charge is 0.308 e. The minimum atomic E-state index is -3.58. The van der Waals surface area contributed by atoms with Gasteiger partial charge in [-0.15, -0.1) is 0 Å². The predicted octanol–water partition coefficient (Wildman–Crippen LogP) is 1.34. The molecule has 1 aliphatic heterocycles. The Morgan fingerprint density at radius 2 is 1.80 bits per heavy atom. The third-order valence-electron chi connectivity index (χ3n) is 4.43. The molecule has 1 saturated carbocycles. The zero-order valence-electron chi connectivity index (χ0n) is 11.9. The van der Waals surface area contributed by atoms with Crippen LogP contribution < -0.4 is 4.72 Å². The molecule has 0 radical (unpaired) electrons. The summed E-state index contributed by atoms with van der Waals surface area (Å²) in [5, 5.41) is 9.22. The van der Waals surface area contributed by atoms with E-state index in [0.717, 1.165) is 32.1 Å². The molecule has 0 amide bonds. The van der Waals surface area contributed by atoms with Gasteiger partial charge in [0, 0.05) is 18.6 Å². The van der Waals surface area contributed by atoms with Gasteiger partial charge in [0.25, 0.3) is 10.2 Å². The molecule has 6 nitrogen and oxygen atoms in total. The van der Waals surface area contributed by atoms with Crippen LogP contribution in [0, 0.1) is 5.92 Å². The lowest BCUT2D eigenvalue weighted by Crippen LogP contribution is -2.53. The molecule has 116 valence electrons. The van der Waals surface area contributed by atoms with Gasteiger partial charge in [-0.3, -0.25) is 4.79 Å². The fraction of sp³-hybridized carbons (Fsp3) is 0.923. The van der Waals surface area contributed by atoms with Crippen LogP contribution in [-0.4, -0.2) is 42.4 Å². The van der Waals surface area contributed by atoms with Crippen molar-refractivity contribution >= 4 is 16.2 Å². The van der Waals surface area contributed by atoms with Gasteiger partial charge in [-0.25, -0.2) is 0 Å². The zero-order chi connectivity index (χ0) is 14.8. The highest BCUT2D eigenvalue weighted by Gasteiger charge is 2.37. The molecule has 7 heteroatoms. The van der Waals surface area contributed by atoms with Crippen molar-refractivity contribution in [3.63, 3.8) is 0 Å². The van der Waals surface area contributed by atoms with Crippen molar-refractivity contribution in [2.75, 3.05) is 6.54 Å². The van der Waals surface area contributed by atoms with Crippen LogP contribution in [0.15, 0.2) is 0 Å². The van der Waals surface area contributed by atoms with Crippen molar-refractivity contribution in [3.05, 3.63) is 0 Å². The third kappa shape index (κ3) is 3.51. The summed E-state index contributed by atoms with van der Waals surface area (Å²) in [7, 11) is -3.58. The van der Waals surface area contributed by atoms with Gasteiger partial charge in [0.2, 0.25) is 0 Å². The number of aliphatic carboxylic acids is 1. The van der Waals surface area contributed by atoms with Gasteiger partial charge in [-0.2, -0.15) is 17.4 Å².